The molecule has 0 bridgehead atoms. The number of fused-ring (bicyclic) bond motifs is 2. The number of aliphatic hydroxyl groups excluding tert-OH is 1. The second kappa shape index (κ2) is 8.49. The average molecular weight is 467 g/mol. The summed E-state index contributed by atoms with van der Waals surface area (Å²) < 4.78 is 44.1. The van der Waals surface area contributed by atoms with E-state index in [2.05, 4.69) is 10.2 Å². The average Bonchev–Trinajstić information content (AvgIpc) is 3.20. The number of aliphatic hydroxyl groups is 1. The molecule has 9 heteroatoms. The molecule has 6 nitrogen and oxygen atoms in total. The number of halogens is 3. The number of carbonyl (C=O) groups is 1. The summed E-state index contributed by atoms with van der Waals surface area (Å²) in [4.78, 5) is 14.7. The summed E-state index contributed by atoms with van der Waals surface area (Å²) in [5.74, 6) is 0.360. The second-order valence-corrected chi connectivity index (χ2v) is 8.14. The van der Waals surface area contributed by atoms with Gasteiger partial charge >= 0.3 is 6.18 Å². The van der Waals surface area contributed by atoms with E-state index >= 15 is 0 Å². The molecule has 1 amide bonds. The molecular weight excluding hydrogens is 447 g/mol. The Labute approximate surface area is 192 Å². The number of nitrogens with zero attached hydrogens (tertiary/aromatic N) is 2. The van der Waals surface area contributed by atoms with Gasteiger partial charge in [0.15, 0.2) is 6.10 Å². The predicted octanol–water partition coefficient (Wildman–Crippen LogP) is 4.86. The van der Waals surface area contributed by atoms with Gasteiger partial charge in [0.25, 0.3) is 5.91 Å². The van der Waals surface area contributed by atoms with E-state index < -0.39 is 12.3 Å². The number of amides is 1. The quantitative estimate of drug-likeness (QED) is 0.451. The molecule has 1 aliphatic heterocycles. The highest BCUT2D eigenvalue weighted by Crippen LogP contribution is 2.33. The molecule has 1 aromatic heterocycles. The molecule has 4 aromatic rings. The van der Waals surface area contributed by atoms with Gasteiger partial charge in [0, 0.05) is 23.1 Å². The van der Waals surface area contributed by atoms with Crippen molar-refractivity contribution in [1.29, 1.82) is 0 Å². The first kappa shape index (κ1) is 22.0. The number of aromatic nitrogens is 2. The van der Waals surface area contributed by atoms with E-state index in [4.69, 9.17) is 4.74 Å². The SMILES string of the molecule is O=C(c1ccc(C(O)C(F)(F)F)cc1)N1CCOc2ccc(-c3ccc4cn[nH]c4c3)cc2C1. The van der Waals surface area contributed by atoms with Crippen molar-refractivity contribution in [2.75, 3.05) is 13.2 Å². The standard InChI is InChI=1S/C25H20F3N3O3/c26-25(27,28)23(32)15-1-3-16(4-2-15)24(33)31-9-10-34-22-8-7-17(11-20(22)14-31)18-5-6-19-13-29-30-21(19)12-18/h1-8,11-13,23,32H,9-10,14H2,(H,29,30). The Kier molecular flexibility index (Phi) is 5.49. The maximum atomic E-state index is 13.1. The molecule has 0 aliphatic carbocycles. The maximum absolute atomic E-state index is 13.1. The first-order valence-electron chi connectivity index (χ1n) is 10.6. The predicted molar refractivity (Wildman–Crippen MR) is 119 cm³/mol. The lowest BCUT2D eigenvalue weighted by Crippen LogP contribution is -2.32. The fourth-order valence-corrected chi connectivity index (χ4v) is 4.04. The van der Waals surface area contributed by atoms with Crippen molar-refractivity contribution in [2.24, 2.45) is 0 Å². The van der Waals surface area contributed by atoms with Gasteiger partial charge in [0.1, 0.15) is 12.4 Å². The minimum Gasteiger partial charge on any atom is -0.491 e. The van der Waals surface area contributed by atoms with E-state index in [-0.39, 0.29) is 17.0 Å². The molecule has 2 heterocycles. The fraction of sp³-hybridized carbons (Fsp3) is 0.200. The normalized spacial score (nSPS) is 14.9. The molecule has 3 aromatic carbocycles. The molecule has 0 saturated heterocycles. The summed E-state index contributed by atoms with van der Waals surface area (Å²) in [6.07, 6.45) is -5.60. The minimum atomic E-state index is -4.77. The number of hydrogen-bond donors (Lipinski definition) is 2. The first-order valence-corrected chi connectivity index (χ1v) is 10.6. The molecule has 0 spiro atoms. The van der Waals surface area contributed by atoms with Gasteiger partial charge in [-0.25, -0.2) is 0 Å². The molecular formula is C25H20F3N3O3. The van der Waals surface area contributed by atoms with E-state index in [0.717, 1.165) is 39.7 Å². The van der Waals surface area contributed by atoms with Crippen molar-refractivity contribution in [2.45, 2.75) is 18.8 Å². The lowest BCUT2D eigenvalue weighted by molar-refractivity contribution is -0.206. The number of alkyl halides is 3. The van der Waals surface area contributed by atoms with Gasteiger partial charge in [-0.05, 0) is 47.0 Å². The van der Waals surface area contributed by atoms with E-state index in [1.54, 1.807) is 11.1 Å². The van der Waals surface area contributed by atoms with Gasteiger partial charge in [-0.3, -0.25) is 9.89 Å². The van der Waals surface area contributed by atoms with Crippen LogP contribution in [0.25, 0.3) is 22.0 Å². The zero-order valence-electron chi connectivity index (χ0n) is 17.8. The van der Waals surface area contributed by atoms with Crippen LogP contribution in [-0.4, -0.2) is 45.4 Å². The number of aromatic amines is 1. The van der Waals surface area contributed by atoms with Crippen LogP contribution in [0.3, 0.4) is 0 Å². The van der Waals surface area contributed by atoms with Gasteiger partial charge in [0.05, 0.1) is 18.3 Å². The summed E-state index contributed by atoms with van der Waals surface area (Å²) in [5.41, 5.74) is 3.62. The van der Waals surface area contributed by atoms with Crippen LogP contribution in [-0.2, 0) is 6.54 Å². The van der Waals surface area contributed by atoms with Gasteiger partial charge < -0.3 is 14.7 Å². The third-order valence-electron chi connectivity index (χ3n) is 5.89. The van der Waals surface area contributed by atoms with Crippen LogP contribution in [0.15, 0.2) is 66.9 Å². The first-order chi connectivity index (χ1) is 16.3. The summed E-state index contributed by atoms with van der Waals surface area (Å²) >= 11 is 0. The number of ether oxygens (including phenoxy) is 1. The molecule has 174 valence electrons. The number of carbonyl (C=O) groups excluding carboxylic acids is 1. The Hall–Kier alpha value is -3.85. The highest BCUT2D eigenvalue weighted by atomic mass is 19.4. The monoisotopic (exact) mass is 467 g/mol. The third-order valence-corrected chi connectivity index (χ3v) is 5.89. The zero-order chi connectivity index (χ0) is 23.9. The van der Waals surface area contributed by atoms with Crippen LogP contribution < -0.4 is 4.74 Å². The molecule has 2 N–H and O–H groups in total. The molecule has 5 rings (SSSR count). The van der Waals surface area contributed by atoms with Gasteiger partial charge in [-0.1, -0.05) is 30.3 Å². The van der Waals surface area contributed by atoms with Gasteiger partial charge in [-0.15, -0.1) is 0 Å². The third kappa shape index (κ3) is 4.22. The highest BCUT2D eigenvalue weighted by Gasteiger charge is 2.39. The van der Waals surface area contributed by atoms with E-state index in [1.165, 1.54) is 12.1 Å². The van der Waals surface area contributed by atoms with E-state index in [0.29, 0.717) is 25.4 Å². The number of H-pyrrole nitrogens is 1. The lowest BCUT2D eigenvalue weighted by Gasteiger charge is -2.21. The number of nitrogens with one attached hydrogen (secondary N) is 1. The van der Waals surface area contributed by atoms with Crippen molar-refractivity contribution >= 4 is 16.8 Å². The molecule has 1 unspecified atom stereocenters. The summed E-state index contributed by atoms with van der Waals surface area (Å²) in [6, 6.07) is 16.6. The van der Waals surface area contributed by atoms with E-state index in [9.17, 15) is 23.1 Å². The summed E-state index contributed by atoms with van der Waals surface area (Å²) in [7, 11) is 0. The molecule has 1 atom stereocenters. The fourth-order valence-electron chi connectivity index (χ4n) is 4.04. The highest BCUT2D eigenvalue weighted by molar-refractivity contribution is 5.94. The smallest absolute Gasteiger partial charge is 0.418 e. The molecule has 0 saturated carbocycles. The Morgan fingerprint density at radius 3 is 2.56 bits per heavy atom. The number of benzene rings is 3. The van der Waals surface area contributed by atoms with Crippen LogP contribution in [0.2, 0.25) is 0 Å². The number of rotatable bonds is 3. The van der Waals surface area contributed by atoms with Crippen molar-refractivity contribution < 1.29 is 27.8 Å². The Balaban J connectivity index is 1.38. The topological polar surface area (TPSA) is 78.4 Å². The van der Waals surface area contributed by atoms with Crippen LogP contribution >= 0.6 is 0 Å². The van der Waals surface area contributed by atoms with Crippen LogP contribution in [0.1, 0.15) is 27.6 Å². The molecule has 1 aliphatic rings. The Bertz CT molecular complexity index is 1350. The molecule has 0 radical (unpaired) electrons. The lowest BCUT2D eigenvalue weighted by atomic mass is 10.0. The summed E-state index contributed by atoms with van der Waals surface area (Å²) in [5, 5.41) is 17.4. The van der Waals surface area contributed by atoms with Crippen molar-refractivity contribution in [3.05, 3.63) is 83.6 Å². The van der Waals surface area contributed by atoms with E-state index in [1.807, 2.05) is 36.4 Å². The molecule has 34 heavy (non-hydrogen) atoms. The van der Waals surface area contributed by atoms with Crippen molar-refractivity contribution in [3.8, 4) is 16.9 Å². The Morgan fingerprint density at radius 2 is 1.79 bits per heavy atom. The largest absolute Gasteiger partial charge is 0.491 e. The Morgan fingerprint density at radius 1 is 1.06 bits per heavy atom. The zero-order valence-corrected chi connectivity index (χ0v) is 17.8. The second-order valence-electron chi connectivity index (χ2n) is 8.14. The number of hydrogen-bond acceptors (Lipinski definition) is 4. The van der Waals surface area contributed by atoms with Crippen LogP contribution in [0, 0.1) is 0 Å². The van der Waals surface area contributed by atoms with Crippen molar-refractivity contribution in [3.63, 3.8) is 0 Å². The summed E-state index contributed by atoms with van der Waals surface area (Å²) in [6.45, 7) is 0.917. The minimum absolute atomic E-state index is 0.238. The maximum Gasteiger partial charge on any atom is 0.418 e. The van der Waals surface area contributed by atoms with Gasteiger partial charge in [-0.2, -0.15) is 18.3 Å². The molecule has 0 fully saturated rings. The van der Waals surface area contributed by atoms with Crippen molar-refractivity contribution in [1.82, 2.24) is 15.1 Å². The van der Waals surface area contributed by atoms with Gasteiger partial charge in [0.2, 0.25) is 0 Å². The van der Waals surface area contributed by atoms with Crippen LogP contribution in [0.5, 0.6) is 5.75 Å². The van der Waals surface area contributed by atoms with Crippen LogP contribution in [0.4, 0.5) is 13.2 Å².